The normalized spacial score (nSPS) is 17.0. The lowest BCUT2D eigenvalue weighted by Gasteiger charge is -2.46. The van der Waals surface area contributed by atoms with Crippen LogP contribution in [0.1, 0.15) is 41.0 Å². The molecule has 5 nitrogen and oxygen atoms in total. The first-order chi connectivity index (χ1) is 13.8. The van der Waals surface area contributed by atoms with Crippen molar-refractivity contribution < 1.29 is 4.79 Å². The van der Waals surface area contributed by atoms with E-state index in [2.05, 4.69) is 50.5 Å². The van der Waals surface area contributed by atoms with Gasteiger partial charge in [-0.15, -0.1) is 0 Å². The molecule has 1 fully saturated rings. The average Bonchev–Trinajstić information content (AvgIpc) is 3.16. The third kappa shape index (κ3) is 2.92. The number of amides is 1. The summed E-state index contributed by atoms with van der Waals surface area (Å²) in [6.07, 6.45) is 7.19. The Labute approximate surface area is 164 Å². The zero-order valence-corrected chi connectivity index (χ0v) is 15.8. The van der Waals surface area contributed by atoms with Crippen LogP contribution in [0.4, 0.5) is 0 Å². The highest BCUT2D eigenvalue weighted by Gasteiger charge is 2.43. The maximum Gasteiger partial charge on any atom is 0.268 e. The number of nitrogens with zero attached hydrogens (tertiary/aromatic N) is 2. The van der Waals surface area contributed by atoms with Crippen molar-refractivity contribution in [3.63, 3.8) is 0 Å². The molecule has 1 saturated carbocycles. The molecule has 1 aliphatic heterocycles. The molecule has 3 aromatic rings. The van der Waals surface area contributed by atoms with E-state index in [1.165, 1.54) is 25.0 Å². The third-order valence-electron chi connectivity index (χ3n) is 6.13. The fourth-order valence-electron chi connectivity index (χ4n) is 4.42. The lowest BCUT2D eigenvalue weighted by atomic mass is 9.73. The second-order valence-electron chi connectivity index (χ2n) is 7.73. The Morgan fingerprint density at radius 2 is 1.79 bits per heavy atom. The fraction of sp³-hybridized carbons (Fsp3) is 0.304. The van der Waals surface area contributed by atoms with Crippen LogP contribution >= 0.6 is 0 Å². The number of nitrogens with one attached hydrogen (secondary N) is 2. The number of rotatable bonds is 4. The van der Waals surface area contributed by atoms with Crippen molar-refractivity contribution in [2.45, 2.75) is 37.9 Å². The molecule has 2 aromatic heterocycles. The quantitative estimate of drug-likeness (QED) is 0.737. The van der Waals surface area contributed by atoms with Crippen LogP contribution in [0.15, 0.2) is 60.9 Å². The lowest BCUT2D eigenvalue weighted by Crippen LogP contribution is -2.54. The van der Waals surface area contributed by atoms with Crippen LogP contribution in [0, 0.1) is 0 Å². The first-order valence-corrected chi connectivity index (χ1v) is 9.98. The Morgan fingerprint density at radius 3 is 2.50 bits per heavy atom. The molecule has 0 unspecified atom stereocenters. The van der Waals surface area contributed by atoms with E-state index >= 15 is 0 Å². The standard InChI is InChI=1S/C23H24N4O/c28-22(20-6-7-21-23(10-1-11-23)26-14-15-27(20)21)25-16-17-2-4-18(5-3-17)19-8-12-24-13-9-19/h2-9,12-13,26H,1,10-11,14-16H2,(H,25,28). The van der Waals surface area contributed by atoms with E-state index in [4.69, 9.17) is 0 Å². The predicted octanol–water partition coefficient (Wildman–Crippen LogP) is 3.46. The van der Waals surface area contributed by atoms with Gasteiger partial charge in [-0.3, -0.25) is 9.78 Å². The summed E-state index contributed by atoms with van der Waals surface area (Å²) in [5.74, 6) is 0.000772. The smallest absolute Gasteiger partial charge is 0.268 e. The lowest BCUT2D eigenvalue weighted by molar-refractivity contribution is 0.0933. The molecule has 2 aliphatic rings. The van der Waals surface area contributed by atoms with Gasteiger partial charge in [0.2, 0.25) is 0 Å². The summed E-state index contributed by atoms with van der Waals surface area (Å²) < 4.78 is 2.21. The van der Waals surface area contributed by atoms with Crippen LogP contribution in [0.3, 0.4) is 0 Å². The molecule has 5 heteroatoms. The minimum absolute atomic E-state index is 0.000772. The van der Waals surface area contributed by atoms with Crippen LogP contribution in [0.25, 0.3) is 11.1 Å². The van der Waals surface area contributed by atoms with Gasteiger partial charge in [-0.2, -0.15) is 0 Å². The van der Waals surface area contributed by atoms with E-state index in [1.807, 2.05) is 18.2 Å². The van der Waals surface area contributed by atoms with Gasteiger partial charge in [0, 0.05) is 37.7 Å². The summed E-state index contributed by atoms with van der Waals surface area (Å²) in [5.41, 5.74) is 5.54. The molecule has 1 aliphatic carbocycles. The van der Waals surface area contributed by atoms with Gasteiger partial charge in [0.1, 0.15) is 5.69 Å². The number of carbonyl (C=O) groups excluding carboxylic acids is 1. The van der Waals surface area contributed by atoms with Crippen LogP contribution in [0.2, 0.25) is 0 Å². The average molecular weight is 372 g/mol. The minimum Gasteiger partial charge on any atom is -0.347 e. The van der Waals surface area contributed by atoms with Gasteiger partial charge in [-0.25, -0.2) is 0 Å². The van der Waals surface area contributed by atoms with Gasteiger partial charge in [0.05, 0.1) is 5.54 Å². The van der Waals surface area contributed by atoms with Crippen LogP contribution in [-0.2, 0) is 18.6 Å². The van der Waals surface area contributed by atoms with Crippen LogP contribution in [-0.4, -0.2) is 22.0 Å². The second kappa shape index (κ2) is 6.91. The topological polar surface area (TPSA) is 59.0 Å². The van der Waals surface area contributed by atoms with E-state index < -0.39 is 0 Å². The maximum atomic E-state index is 12.8. The summed E-state index contributed by atoms with van der Waals surface area (Å²) in [6, 6.07) is 16.4. The third-order valence-corrected chi connectivity index (χ3v) is 6.13. The molecule has 2 N–H and O–H groups in total. The minimum atomic E-state index is 0.000772. The Balaban J connectivity index is 1.27. The van der Waals surface area contributed by atoms with E-state index in [0.29, 0.717) is 6.54 Å². The van der Waals surface area contributed by atoms with E-state index in [1.54, 1.807) is 12.4 Å². The molecule has 142 valence electrons. The van der Waals surface area contributed by atoms with Crippen molar-refractivity contribution in [3.05, 3.63) is 77.9 Å². The summed E-state index contributed by atoms with van der Waals surface area (Å²) >= 11 is 0. The number of hydrogen-bond acceptors (Lipinski definition) is 3. The molecule has 3 heterocycles. The molecular weight excluding hydrogens is 348 g/mol. The first kappa shape index (κ1) is 17.2. The predicted molar refractivity (Wildman–Crippen MR) is 109 cm³/mol. The summed E-state index contributed by atoms with van der Waals surface area (Å²) in [4.78, 5) is 16.9. The van der Waals surface area contributed by atoms with E-state index in [9.17, 15) is 4.79 Å². The van der Waals surface area contributed by atoms with Crippen LogP contribution < -0.4 is 10.6 Å². The Kier molecular flexibility index (Phi) is 4.24. The highest BCUT2D eigenvalue weighted by molar-refractivity contribution is 5.93. The molecular formula is C23H24N4O. The summed E-state index contributed by atoms with van der Waals surface area (Å²) in [5, 5.41) is 6.74. The number of carbonyl (C=O) groups is 1. The molecule has 5 rings (SSSR count). The highest BCUT2D eigenvalue weighted by atomic mass is 16.1. The van der Waals surface area contributed by atoms with Gasteiger partial charge >= 0.3 is 0 Å². The Morgan fingerprint density at radius 1 is 1.04 bits per heavy atom. The van der Waals surface area contributed by atoms with E-state index in [-0.39, 0.29) is 11.4 Å². The van der Waals surface area contributed by atoms with Crippen molar-refractivity contribution in [1.82, 2.24) is 20.2 Å². The largest absolute Gasteiger partial charge is 0.347 e. The van der Waals surface area contributed by atoms with Crippen LogP contribution in [0.5, 0.6) is 0 Å². The number of pyridine rings is 1. The van der Waals surface area contributed by atoms with Crippen molar-refractivity contribution in [3.8, 4) is 11.1 Å². The number of fused-ring (bicyclic) bond motifs is 2. The number of benzene rings is 1. The zero-order valence-electron chi connectivity index (χ0n) is 15.8. The second-order valence-corrected chi connectivity index (χ2v) is 7.73. The molecule has 0 bridgehead atoms. The SMILES string of the molecule is O=C(NCc1ccc(-c2ccncc2)cc1)c1ccc2n1CCNC21CCC1. The van der Waals surface area contributed by atoms with Gasteiger partial charge in [0.25, 0.3) is 5.91 Å². The molecule has 28 heavy (non-hydrogen) atoms. The summed E-state index contributed by atoms with van der Waals surface area (Å²) in [7, 11) is 0. The van der Waals surface area contributed by atoms with E-state index in [0.717, 1.165) is 35.5 Å². The van der Waals surface area contributed by atoms with Gasteiger partial charge < -0.3 is 15.2 Å². The molecule has 0 saturated heterocycles. The van der Waals surface area contributed by atoms with Gasteiger partial charge in [-0.1, -0.05) is 24.3 Å². The van der Waals surface area contributed by atoms with Crippen molar-refractivity contribution in [1.29, 1.82) is 0 Å². The Hall–Kier alpha value is -2.92. The highest BCUT2D eigenvalue weighted by Crippen LogP contribution is 2.43. The maximum absolute atomic E-state index is 12.8. The monoisotopic (exact) mass is 372 g/mol. The zero-order chi connectivity index (χ0) is 19.0. The molecule has 1 amide bonds. The number of hydrogen-bond donors (Lipinski definition) is 2. The van der Waals surface area contributed by atoms with Crippen molar-refractivity contribution >= 4 is 5.91 Å². The first-order valence-electron chi connectivity index (χ1n) is 9.98. The van der Waals surface area contributed by atoms with Gasteiger partial charge in [-0.05, 0) is 60.2 Å². The Bertz CT molecular complexity index is 987. The van der Waals surface area contributed by atoms with Gasteiger partial charge in [0.15, 0.2) is 0 Å². The molecule has 0 radical (unpaired) electrons. The number of aromatic nitrogens is 2. The van der Waals surface area contributed by atoms with Crippen molar-refractivity contribution in [2.24, 2.45) is 0 Å². The molecule has 1 spiro atoms. The summed E-state index contributed by atoms with van der Waals surface area (Å²) in [6.45, 7) is 2.31. The molecule has 1 aromatic carbocycles. The molecule has 0 atom stereocenters. The fourth-order valence-corrected chi connectivity index (χ4v) is 4.42. The van der Waals surface area contributed by atoms with Crippen molar-refractivity contribution in [2.75, 3.05) is 6.54 Å².